The zero-order valence-corrected chi connectivity index (χ0v) is 32.8. The second kappa shape index (κ2) is 15.8. The van der Waals surface area contributed by atoms with E-state index in [1.165, 1.54) is 16.3 Å². The highest BCUT2D eigenvalue weighted by Gasteiger charge is 2.36. The van der Waals surface area contributed by atoms with Gasteiger partial charge in [-0.1, -0.05) is 19.9 Å². The minimum atomic E-state index is -0.917. The van der Waals surface area contributed by atoms with Crippen molar-refractivity contribution in [1.82, 2.24) is 35.2 Å². The molecule has 288 valence electrons. The molecule has 7 rings (SSSR count). The molecule has 13 nitrogen and oxygen atoms in total. The first-order valence-electron chi connectivity index (χ1n) is 18.9. The number of likely N-dealkylation sites (N-methyl/N-ethyl adjacent to an activating group) is 1. The molecule has 6 bridgehead atoms. The predicted molar refractivity (Wildman–Crippen MR) is 207 cm³/mol. The zero-order chi connectivity index (χ0) is 38.1. The fourth-order valence-corrected chi connectivity index (χ4v) is 8.66. The number of benzene rings is 1. The first-order valence-corrected chi connectivity index (χ1v) is 19.8. The van der Waals surface area contributed by atoms with E-state index in [9.17, 15) is 14.4 Å². The highest BCUT2D eigenvalue weighted by atomic mass is 32.1. The predicted octanol–water partition coefficient (Wildman–Crippen LogP) is 5.52. The Labute approximate surface area is 320 Å². The van der Waals surface area contributed by atoms with E-state index in [-0.39, 0.29) is 37.1 Å². The number of fused-ring (bicyclic) bond motifs is 6. The number of rotatable bonds is 6. The Kier molecular flexibility index (Phi) is 11.1. The summed E-state index contributed by atoms with van der Waals surface area (Å²) in [6, 6.07) is 8.46. The number of nitrogens with zero attached hydrogens (tertiary/aromatic N) is 5. The number of hydrogen-bond donors (Lipinski definition) is 2. The van der Waals surface area contributed by atoms with E-state index in [0.29, 0.717) is 44.0 Å². The summed E-state index contributed by atoms with van der Waals surface area (Å²) in [7, 11) is 3.42. The van der Waals surface area contributed by atoms with Crippen molar-refractivity contribution in [2.24, 2.45) is 5.41 Å². The summed E-state index contributed by atoms with van der Waals surface area (Å²) >= 11 is 1.46. The maximum Gasteiger partial charge on any atom is 0.324 e. The van der Waals surface area contributed by atoms with E-state index in [4.69, 9.17) is 24.2 Å². The fraction of sp³-hybridized carbons (Fsp3) is 0.525. The highest BCUT2D eigenvalue weighted by molar-refractivity contribution is 7.10. The molecule has 0 radical (unpaired) electrons. The van der Waals surface area contributed by atoms with Crippen molar-refractivity contribution in [3.63, 3.8) is 0 Å². The number of cyclic esters (lactones) is 1. The van der Waals surface area contributed by atoms with Crippen LogP contribution in [0.25, 0.3) is 33.4 Å². The number of ether oxygens (including phenoxy) is 3. The van der Waals surface area contributed by atoms with Gasteiger partial charge in [-0.3, -0.25) is 19.6 Å². The van der Waals surface area contributed by atoms with Gasteiger partial charge in [-0.2, -0.15) is 0 Å². The topological polar surface area (TPSA) is 140 Å². The molecule has 1 aromatic carbocycles. The van der Waals surface area contributed by atoms with Gasteiger partial charge in [-0.15, -0.1) is 11.3 Å². The third-order valence-corrected chi connectivity index (χ3v) is 11.8. The fourth-order valence-electron chi connectivity index (χ4n) is 7.81. The van der Waals surface area contributed by atoms with Crippen LogP contribution in [0.4, 0.5) is 4.79 Å². The third-order valence-electron chi connectivity index (χ3n) is 10.9. The Balaban J connectivity index is 1.33. The van der Waals surface area contributed by atoms with E-state index in [1.54, 1.807) is 25.3 Å². The molecular weight excluding hydrogens is 707 g/mol. The number of carbonyl (C=O) groups excluding carboxylic acids is 3. The van der Waals surface area contributed by atoms with Gasteiger partial charge in [0.05, 0.1) is 47.4 Å². The minimum absolute atomic E-state index is 0.0710. The summed E-state index contributed by atoms with van der Waals surface area (Å²) in [5, 5.41) is 8.27. The van der Waals surface area contributed by atoms with Crippen LogP contribution in [-0.2, 0) is 43.2 Å². The Hall–Kier alpha value is -4.37. The van der Waals surface area contributed by atoms with Gasteiger partial charge in [0.25, 0.3) is 5.91 Å². The second-order valence-corrected chi connectivity index (χ2v) is 16.3. The number of nitrogens with one attached hydrogen (secondary N) is 2. The monoisotopic (exact) mass is 757 g/mol. The number of hydrogen-bond acceptors (Lipinski definition) is 10. The number of carbonyl (C=O) groups is 3. The van der Waals surface area contributed by atoms with Crippen LogP contribution in [0.15, 0.2) is 41.9 Å². The number of thiazole rings is 1. The molecular formula is C40H51N7O6S. The first kappa shape index (κ1) is 37.9. The van der Waals surface area contributed by atoms with Crippen molar-refractivity contribution in [2.45, 2.75) is 90.6 Å². The molecule has 0 unspecified atom stereocenters. The molecule has 0 spiro atoms. The molecule has 4 atom stereocenters. The quantitative estimate of drug-likeness (QED) is 0.244. The lowest BCUT2D eigenvalue weighted by molar-refractivity contribution is -0.155. The first-order chi connectivity index (χ1) is 26.0. The average molecular weight is 758 g/mol. The van der Waals surface area contributed by atoms with E-state index in [2.05, 4.69) is 60.3 Å². The number of methoxy groups -OCH3 is 1. The molecule has 6 heterocycles. The van der Waals surface area contributed by atoms with Crippen molar-refractivity contribution >= 4 is 40.1 Å². The second-order valence-electron chi connectivity index (χ2n) is 15.3. The van der Waals surface area contributed by atoms with Crippen LogP contribution in [0.1, 0.15) is 69.3 Å². The third kappa shape index (κ3) is 7.61. The summed E-state index contributed by atoms with van der Waals surface area (Å²) in [5.41, 5.74) is 9.57. The smallest absolute Gasteiger partial charge is 0.324 e. The lowest BCUT2D eigenvalue weighted by atomic mass is 9.84. The van der Waals surface area contributed by atoms with Crippen LogP contribution < -0.4 is 10.7 Å². The maximum absolute atomic E-state index is 14.2. The Morgan fingerprint density at radius 3 is 2.83 bits per heavy atom. The SMILES string of the molecule is CCn1c(-c2cccnc2[C@H](C)OC)c2c3cc(ccc31)-c1csc(n1)C[C@H](NC(=O)N(C)[C@@H]1CCOC1)C(=O)N1CCC[C@H](N1)C(=O)OCC(C)(C)C2. The standard InChI is InChI=1S/C40H51N7O6S/c1-7-46-33-13-12-25-18-28(33)29(36(46)27-10-8-15-41-35(27)24(2)51-6)20-40(3,4)23-53-38(49)30-11-9-16-47(44-30)37(48)31(19-34-42-32(25)22-54-34)43-39(50)45(5)26-14-17-52-21-26/h8,10,12-13,15,18,22,24,26,30-31,44H,7,9,11,14,16-17,19-21,23H2,1-6H3,(H,43,50)/t24-,26+,30-,31-/m0/s1. The molecule has 2 N–H and O–H groups in total. The van der Waals surface area contributed by atoms with E-state index in [1.807, 2.05) is 18.4 Å². The molecule has 3 aliphatic heterocycles. The summed E-state index contributed by atoms with van der Waals surface area (Å²) < 4.78 is 19.7. The van der Waals surface area contributed by atoms with Crippen molar-refractivity contribution in [2.75, 3.05) is 40.5 Å². The van der Waals surface area contributed by atoms with Crippen LogP contribution in [0, 0.1) is 5.41 Å². The summed E-state index contributed by atoms with van der Waals surface area (Å²) in [5.74, 6) is -0.734. The van der Waals surface area contributed by atoms with Gasteiger partial charge in [0, 0.05) is 79.3 Å². The summed E-state index contributed by atoms with van der Waals surface area (Å²) in [4.78, 5) is 52.8. The lowest BCUT2D eigenvalue weighted by Gasteiger charge is -2.36. The molecule has 3 aromatic heterocycles. The molecule has 2 saturated heterocycles. The van der Waals surface area contributed by atoms with Crippen LogP contribution in [0.5, 0.6) is 0 Å². The van der Waals surface area contributed by atoms with Crippen LogP contribution in [0.3, 0.4) is 0 Å². The van der Waals surface area contributed by atoms with Crippen molar-refractivity contribution in [3.05, 3.63) is 58.2 Å². The highest BCUT2D eigenvalue weighted by Crippen LogP contribution is 2.42. The number of hydrazine groups is 1. The molecule has 14 heteroatoms. The summed E-state index contributed by atoms with van der Waals surface area (Å²) in [6.45, 7) is 10.7. The van der Waals surface area contributed by atoms with E-state index in [0.717, 1.165) is 57.6 Å². The maximum atomic E-state index is 14.2. The number of aromatic nitrogens is 3. The van der Waals surface area contributed by atoms with Crippen LogP contribution in [0.2, 0.25) is 0 Å². The Bertz CT molecular complexity index is 2020. The minimum Gasteiger partial charge on any atom is -0.464 e. The Morgan fingerprint density at radius 1 is 1.24 bits per heavy atom. The molecule has 3 amide bonds. The molecule has 4 aromatic rings. The average Bonchev–Trinajstić information content (AvgIpc) is 3.95. The van der Waals surface area contributed by atoms with Gasteiger partial charge in [-0.25, -0.2) is 15.2 Å². The van der Waals surface area contributed by atoms with E-state index >= 15 is 0 Å². The molecule has 54 heavy (non-hydrogen) atoms. The normalized spacial score (nSPS) is 22.5. The van der Waals surface area contributed by atoms with Gasteiger partial charge < -0.3 is 29.0 Å². The van der Waals surface area contributed by atoms with Gasteiger partial charge in [0.1, 0.15) is 12.1 Å². The van der Waals surface area contributed by atoms with Gasteiger partial charge >= 0.3 is 12.0 Å². The number of aryl methyl sites for hydroxylation is 1. The molecule has 0 saturated carbocycles. The largest absolute Gasteiger partial charge is 0.464 e. The van der Waals surface area contributed by atoms with Crippen molar-refractivity contribution in [3.8, 4) is 22.5 Å². The number of urea groups is 1. The van der Waals surface area contributed by atoms with Crippen LogP contribution in [-0.4, -0.2) is 101 Å². The molecule has 2 fully saturated rings. The van der Waals surface area contributed by atoms with Gasteiger partial charge in [-0.05, 0) is 69.4 Å². The molecule has 3 aliphatic rings. The van der Waals surface area contributed by atoms with Crippen molar-refractivity contribution < 1.29 is 28.6 Å². The van der Waals surface area contributed by atoms with Gasteiger partial charge in [0.15, 0.2) is 0 Å². The van der Waals surface area contributed by atoms with E-state index < -0.39 is 23.5 Å². The van der Waals surface area contributed by atoms with Gasteiger partial charge in [0.2, 0.25) is 0 Å². The number of esters is 1. The molecule has 0 aliphatic carbocycles. The Morgan fingerprint density at radius 2 is 2.07 bits per heavy atom. The number of amides is 3. The zero-order valence-electron chi connectivity index (χ0n) is 32.0. The lowest BCUT2D eigenvalue weighted by Crippen LogP contribution is -2.61. The summed E-state index contributed by atoms with van der Waals surface area (Å²) in [6.07, 6.45) is 4.25. The number of pyridine rings is 1. The van der Waals surface area contributed by atoms with Crippen molar-refractivity contribution in [1.29, 1.82) is 0 Å². The van der Waals surface area contributed by atoms with Crippen LogP contribution >= 0.6 is 11.3 Å².